The third kappa shape index (κ3) is 3.22. The number of nitrogens with one attached hydrogen (secondary N) is 1. The van der Waals surface area contributed by atoms with Crippen LogP contribution in [0.4, 0.5) is 11.4 Å². The summed E-state index contributed by atoms with van der Waals surface area (Å²) in [5.41, 5.74) is 4.28. The summed E-state index contributed by atoms with van der Waals surface area (Å²) in [5, 5.41) is 13.6. The zero-order valence-corrected chi connectivity index (χ0v) is 14.2. The monoisotopic (exact) mass is 373 g/mol. The summed E-state index contributed by atoms with van der Waals surface area (Å²) in [6.45, 7) is 2.03. The molecule has 1 N–H and O–H groups in total. The van der Waals surface area contributed by atoms with Gasteiger partial charge in [0, 0.05) is 21.7 Å². The van der Waals surface area contributed by atoms with Crippen molar-refractivity contribution in [2.45, 2.75) is 6.92 Å². The topological polar surface area (TPSA) is 48.7 Å². The Morgan fingerprint density at radius 3 is 2.55 bits per heavy atom. The van der Waals surface area contributed by atoms with Gasteiger partial charge in [-0.25, -0.2) is 0 Å². The summed E-state index contributed by atoms with van der Waals surface area (Å²) in [5.74, 6) is 0. The first-order chi connectivity index (χ1) is 10.2. The Morgan fingerprint density at radius 1 is 1.14 bits per heavy atom. The van der Waals surface area contributed by atoms with E-state index in [2.05, 4.69) is 32.3 Å². The number of hydrogen-bond acceptors (Lipinski definition) is 3. The number of hydrogen-bond donors (Lipinski definition) is 1. The Labute approximate surface area is 143 Å². The van der Waals surface area contributed by atoms with E-state index in [9.17, 15) is 5.26 Å². The second kappa shape index (κ2) is 6.78. The highest BCUT2D eigenvalue weighted by atomic mass is 79.9. The van der Waals surface area contributed by atoms with Crippen molar-refractivity contribution in [3.8, 4) is 6.07 Å². The second-order valence-electron chi connectivity index (χ2n) is 4.81. The lowest BCUT2D eigenvalue weighted by Gasteiger charge is -2.12. The van der Waals surface area contributed by atoms with Crippen molar-refractivity contribution >= 4 is 50.6 Å². The number of aryl methyl sites for hydroxylation is 1. The summed E-state index contributed by atoms with van der Waals surface area (Å²) in [7, 11) is 0. The van der Waals surface area contributed by atoms with Crippen LogP contribution in [0.5, 0.6) is 0 Å². The molecule has 0 atom stereocenters. The van der Waals surface area contributed by atoms with Crippen molar-refractivity contribution in [2.75, 3.05) is 5.32 Å². The third-order valence-electron chi connectivity index (χ3n) is 3.26. The van der Waals surface area contributed by atoms with Crippen LogP contribution in [0, 0.1) is 18.3 Å². The molecule has 0 fully saturated rings. The zero-order chi connectivity index (χ0) is 14.8. The predicted molar refractivity (Wildman–Crippen MR) is 95.9 cm³/mol. The molecular formula is C17H13BrClN3. The van der Waals surface area contributed by atoms with Gasteiger partial charge in [-0.2, -0.15) is 5.26 Å². The number of fused-ring (bicyclic) bond motifs is 1. The van der Waals surface area contributed by atoms with E-state index in [0.29, 0.717) is 5.56 Å². The molecule has 110 valence electrons. The van der Waals surface area contributed by atoms with E-state index in [1.54, 1.807) is 6.20 Å². The van der Waals surface area contributed by atoms with Crippen molar-refractivity contribution in [1.29, 1.82) is 5.26 Å². The Bertz CT molecular complexity index is 854. The maximum atomic E-state index is 9.33. The van der Waals surface area contributed by atoms with Gasteiger partial charge in [0.2, 0.25) is 0 Å². The molecular weight excluding hydrogens is 362 g/mol. The first-order valence-corrected chi connectivity index (χ1v) is 7.29. The Balaban J connectivity index is 0.00000176. The highest BCUT2D eigenvalue weighted by molar-refractivity contribution is 9.10. The highest BCUT2D eigenvalue weighted by Gasteiger charge is 2.09. The fraction of sp³-hybridized carbons (Fsp3) is 0.0588. The molecule has 0 spiro atoms. The molecule has 0 unspecified atom stereocenters. The van der Waals surface area contributed by atoms with Crippen molar-refractivity contribution in [3.63, 3.8) is 0 Å². The fourth-order valence-corrected chi connectivity index (χ4v) is 2.47. The number of nitrogens with zero attached hydrogens (tertiary/aromatic N) is 2. The van der Waals surface area contributed by atoms with E-state index >= 15 is 0 Å². The second-order valence-corrected chi connectivity index (χ2v) is 5.73. The van der Waals surface area contributed by atoms with E-state index in [1.807, 2.05) is 49.4 Å². The van der Waals surface area contributed by atoms with Gasteiger partial charge < -0.3 is 5.32 Å². The molecule has 0 aliphatic carbocycles. The van der Waals surface area contributed by atoms with Crippen LogP contribution in [0.2, 0.25) is 0 Å². The number of rotatable bonds is 2. The Morgan fingerprint density at radius 2 is 1.86 bits per heavy atom. The number of aromatic nitrogens is 1. The molecule has 0 amide bonds. The Hall–Kier alpha value is -2.09. The number of nitriles is 1. The molecule has 0 bridgehead atoms. The summed E-state index contributed by atoms with van der Waals surface area (Å²) < 4.78 is 1.02. The van der Waals surface area contributed by atoms with Crippen LogP contribution in [-0.4, -0.2) is 4.98 Å². The molecule has 0 saturated carbocycles. The number of halogens is 2. The van der Waals surface area contributed by atoms with Crippen LogP contribution in [0.1, 0.15) is 11.1 Å². The van der Waals surface area contributed by atoms with Gasteiger partial charge in [0.15, 0.2) is 0 Å². The average Bonchev–Trinajstić information content (AvgIpc) is 2.50. The summed E-state index contributed by atoms with van der Waals surface area (Å²) in [6.07, 6.45) is 1.61. The maximum Gasteiger partial charge on any atom is 0.103 e. The largest absolute Gasteiger partial charge is 0.354 e. The first kappa shape index (κ1) is 16.3. The van der Waals surface area contributed by atoms with E-state index in [1.165, 1.54) is 0 Å². The lowest BCUT2D eigenvalue weighted by molar-refractivity contribution is 1.35. The average molecular weight is 375 g/mol. The van der Waals surface area contributed by atoms with Gasteiger partial charge in [0.05, 0.1) is 16.8 Å². The third-order valence-corrected chi connectivity index (χ3v) is 3.79. The quantitative estimate of drug-likeness (QED) is 0.658. The van der Waals surface area contributed by atoms with Gasteiger partial charge in [0.1, 0.15) is 6.07 Å². The van der Waals surface area contributed by atoms with E-state index in [0.717, 1.165) is 32.3 Å². The van der Waals surface area contributed by atoms with E-state index in [-0.39, 0.29) is 12.4 Å². The first-order valence-electron chi connectivity index (χ1n) is 6.49. The van der Waals surface area contributed by atoms with Crippen molar-refractivity contribution in [2.24, 2.45) is 0 Å². The molecule has 2 aromatic carbocycles. The molecule has 0 radical (unpaired) electrons. The smallest absolute Gasteiger partial charge is 0.103 e. The standard InChI is InChI=1S/C17H12BrN3.ClH/c1-11-2-7-16-15(8-11)17(12(9-19)10-20-16)21-14-5-3-13(18)4-6-14;/h2-8,10H,1H3,(H,20,21);1H. The molecule has 1 aromatic heterocycles. The normalized spacial score (nSPS) is 9.86. The van der Waals surface area contributed by atoms with Gasteiger partial charge in [-0.15, -0.1) is 12.4 Å². The highest BCUT2D eigenvalue weighted by Crippen LogP contribution is 2.29. The molecule has 1 heterocycles. The van der Waals surface area contributed by atoms with Gasteiger partial charge >= 0.3 is 0 Å². The maximum absolute atomic E-state index is 9.33. The SMILES string of the molecule is Cc1ccc2ncc(C#N)c(Nc3ccc(Br)cc3)c2c1.Cl. The van der Waals surface area contributed by atoms with Crippen LogP contribution < -0.4 is 5.32 Å². The van der Waals surface area contributed by atoms with E-state index in [4.69, 9.17) is 0 Å². The van der Waals surface area contributed by atoms with Gasteiger partial charge in [0.25, 0.3) is 0 Å². The minimum Gasteiger partial charge on any atom is -0.354 e. The van der Waals surface area contributed by atoms with Gasteiger partial charge in [-0.05, 0) is 43.3 Å². The zero-order valence-electron chi connectivity index (χ0n) is 11.8. The van der Waals surface area contributed by atoms with Crippen LogP contribution in [0.25, 0.3) is 10.9 Å². The minimum atomic E-state index is 0. The van der Waals surface area contributed by atoms with E-state index < -0.39 is 0 Å². The minimum absolute atomic E-state index is 0. The van der Waals surface area contributed by atoms with Crippen molar-refractivity contribution < 1.29 is 0 Å². The lowest BCUT2D eigenvalue weighted by atomic mass is 10.1. The molecule has 0 aliphatic heterocycles. The number of benzene rings is 2. The van der Waals surface area contributed by atoms with Crippen LogP contribution >= 0.6 is 28.3 Å². The molecule has 0 aliphatic rings. The van der Waals surface area contributed by atoms with Gasteiger partial charge in [-0.3, -0.25) is 4.98 Å². The van der Waals surface area contributed by atoms with Crippen LogP contribution in [0.15, 0.2) is 53.1 Å². The number of anilines is 2. The summed E-state index contributed by atoms with van der Waals surface area (Å²) in [6, 6.07) is 16.1. The van der Waals surface area contributed by atoms with Gasteiger partial charge in [-0.1, -0.05) is 27.6 Å². The summed E-state index contributed by atoms with van der Waals surface area (Å²) in [4.78, 5) is 4.34. The van der Waals surface area contributed by atoms with Crippen molar-refractivity contribution in [1.82, 2.24) is 4.98 Å². The Kier molecular flexibility index (Phi) is 5.02. The molecule has 5 heteroatoms. The fourth-order valence-electron chi connectivity index (χ4n) is 2.20. The molecule has 22 heavy (non-hydrogen) atoms. The lowest BCUT2D eigenvalue weighted by Crippen LogP contribution is -1.97. The van der Waals surface area contributed by atoms with Crippen molar-refractivity contribution in [3.05, 3.63) is 64.3 Å². The number of pyridine rings is 1. The molecule has 3 rings (SSSR count). The van der Waals surface area contributed by atoms with Crippen LogP contribution in [0.3, 0.4) is 0 Å². The molecule has 3 aromatic rings. The van der Waals surface area contributed by atoms with Crippen LogP contribution in [-0.2, 0) is 0 Å². The summed E-state index contributed by atoms with van der Waals surface area (Å²) >= 11 is 3.42. The predicted octanol–water partition coefficient (Wildman–Crippen LogP) is 5.34. The molecule has 3 nitrogen and oxygen atoms in total. The molecule has 0 saturated heterocycles.